The molecule has 0 aliphatic carbocycles. The SMILES string of the molecule is CC1(C)CCCNC1CNC(=O)Cc1cccc(F)c1F. The fourth-order valence-corrected chi connectivity index (χ4v) is 2.76. The minimum absolute atomic E-state index is 0.0864. The number of piperidine rings is 1. The third-order valence-corrected chi connectivity index (χ3v) is 4.22. The highest BCUT2D eigenvalue weighted by molar-refractivity contribution is 5.78. The molecule has 1 heterocycles. The van der Waals surface area contributed by atoms with Gasteiger partial charge in [0.1, 0.15) is 0 Å². The molecule has 21 heavy (non-hydrogen) atoms. The summed E-state index contributed by atoms with van der Waals surface area (Å²) in [6, 6.07) is 4.09. The summed E-state index contributed by atoms with van der Waals surface area (Å²) in [5.74, 6) is -2.15. The van der Waals surface area contributed by atoms with Crippen LogP contribution in [-0.4, -0.2) is 25.0 Å². The van der Waals surface area contributed by atoms with E-state index >= 15 is 0 Å². The third kappa shape index (κ3) is 4.00. The summed E-state index contributed by atoms with van der Waals surface area (Å²) in [6.45, 7) is 5.79. The van der Waals surface area contributed by atoms with Crippen LogP contribution in [0.2, 0.25) is 0 Å². The molecule has 2 rings (SSSR count). The molecular formula is C16H22F2N2O. The Hall–Kier alpha value is -1.49. The van der Waals surface area contributed by atoms with Gasteiger partial charge in [0, 0.05) is 18.2 Å². The molecule has 116 valence electrons. The summed E-state index contributed by atoms with van der Waals surface area (Å²) in [6.07, 6.45) is 2.10. The topological polar surface area (TPSA) is 41.1 Å². The van der Waals surface area contributed by atoms with Crippen molar-refractivity contribution < 1.29 is 13.6 Å². The summed E-state index contributed by atoms with van der Waals surface area (Å²) in [5.41, 5.74) is 0.207. The van der Waals surface area contributed by atoms with Gasteiger partial charge in [-0.1, -0.05) is 26.0 Å². The Kier molecular flexibility index (Phi) is 4.93. The van der Waals surface area contributed by atoms with E-state index in [-0.39, 0.29) is 29.3 Å². The Balaban J connectivity index is 1.89. The molecule has 3 nitrogen and oxygen atoms in total. The van der Waals surface area contributed by atoms with Crippen LogP contribution in [0.25, 0.3) is 0 Å². The lowest BCUT2D eigenvalue weighted by Gasteiger charge is -2.39. The van der Waals surface area contributed by atoms with Crippen molar-refractivity contribution >= 4 is 5.91 Å². The van der Waals surface area contributed by atoms with Gasteiger partial charge in [-0.05, 0) is 30.9 Å². The lowest BCUT2D eigenvalue weighted by molar-refractivity contribution is -0.120. The summed E-state index contributed by atoms with van der Waals surface area (Å²) >= 11 is 0. The molecule has 5 heteroatoms. The molecule has 0 spiro atoms. The first kappa shape index (κ1) is 15.9. The first-order valence-corrected chi connectivity index (χ1v) is 7.33. The average Bonchev–Trinajstić information content (AvgIpc) is 2.42. The zero-order valence-corrected chi connectivity index (χ0v) is 12.5. The number of rotatable bonds is 4. The Morgan fingerprint density at radius 3 is 2.90 bits per heavy atom. The molecule has 0 bridgehead atoms. The summed E-state index contributed by atoms with van der Waals surface area (Å²) in [5, 5.41) is 6.21. The molecule has 2 N–H and O–H groups in total. The summed E-state index contributed by atoms with van der Waals surface area (Å²) in [7, 11) is 0. The Morgan fingerprint density at radius 2 is 2.19 bits per heavy atom. The van der Waals surface area contributed by atoms with E-state index in [2.05, 4.69) is 24.5 Å². The van der Waals surface area contributed by atoms with E-state index in [1.165, 1.54) is 12.1 Å². The zero-order valence-electron chi connectivity index (χ0n) is 12.5. The molecule has 1 unspecified atom stereocenters. The zero-order chi connectivity index (χ0) is 15.5. The van der Waals surface area contributed by atoms with Crippen LogP contribution in [0.4, 0.5) is 8.78 Å². The van der Waals surface area contributed by atoms with E-state index in [4.69, 9.17) is 0 Å². The van der Waals surface area contributed by atoms with Crippen molar-refractivity contribution in [3.63, 3.8) is 0 Å². The van der Waals surface area contributed by atoms with E-state index in [9.17, 15) is 13.6 Å². The third-order valence-electron chi connectivity index (χ3n) is 4.22. The van der Waals surface area contributed by atoms with E-state index in [1.807, 2.05) is 0 Å². The first-order chi connectivity index (χ1) is 9.90. The predicted octanol–water partition coefficient (Wildman–Crippen LogP) is 2.40. The smallest absolute Gasteiger partial charge is 0.224 e. The number of hydrogen-bond donors (Lipinski definition) is 2. The number of hydrogen-bond acceptors (Lipinski definition) is 2. The van der Waals surface area contributed by atoms with E-state index in [1.54, 1.807) is 0 Å². The highest BCUT2D eigenvalue weighted by atomic mass is 19.2. The summed E-state index contributed by atoms with van der Waals surface area (Å²) in [4.78, 5) is 11.9. The summed E-state index contributed by atoms with van der Waals surface area (Å²) < 4.78 is 26.6. The second-order valence-electron chi connectivity index (χ2n) is 6.29. The second kappa shape index (κ2) is 6.52. The maximum Gasteiger partial charge on any atom is 0.224 e. The van der Waals surface area contributed by atoms with Crippen molar-refractivity contribution in [2.45, 2.75) is 39.2 Å². The minimum atomic E-state index is -0.941. The van der Waals surface area contributed by atoms with E-state index in [0.29, 0.717) is 6.54 Å². The first-order valence-electron chi connectivity index (χ1n) is 7.33. The molecule has 0 radical (unpaired) electrons. The van der Waals surface area contributed by atoms with Crippen molar-refractivity contribution in [2.24, 2.45) is 5.41 Å². The Morgan fingerprint density at radius 1 is 1.43 bits per heavy atom. The van der Waals surface area contributed by atoms with E-state index in [0.717, 1.165) is 25.5 Å². The molecule has 1 aromatic rings. The van der Waals surface area contributed by atoms with Gasteiger partial charge in [0.2, 0.25) is 5.91 Å². The highest BCUT2D eigenvalue weighted by Crippen LogP contribution is 2.29. The number of carbonyl (C=O) groups excluding carboxylic acids is 1. The quantitative estimate of drug-likeness (QED) is 0.896. The molecule has 1 saturated heterocycles. The second-order valence-corrected chi connectivity index (χ2v) is 6.29. The minimum Gasteiger partial charge on any atom is -0.354 e. The molecule has 0 saturated carbocycles. The van der Waals surface area contributed by atoms with Gasteiger partial charge in [-0.15, -0.1) is 0 Å². The molecule has 1 atom stereocenters. The number of carbonyl (C=O) groups is 1. The number of benzene rings is 1. The highest BCUT2D eigenvalue weighted by Gasteiger charge is 2.31. The van der Waals surface area contributed by atoms with Gasteiger partial charge in [-0.2, -0.15) is 0 Å². The standard InChI is InChI=1S/C16H22F2N2O/c1-16(2)7-4-8-19-13(16)10-20-14(21)9-11-5-3-6-12(17)15(11)18/h3,5-6,13,19H,4,7-10H2,1-2H3,(H,20,21). The molecule has 0 aromatic heterocycles. The largest absolute Gasteiger partial charge is 0.354 e. The number of nitrogens with one attached hydrogen (secondary N) is 2. The van der Waals surface area contributed by atoms with Gasteiger partial charge >= 0.3 is 0 Å². The number of halogens is 2. The van der Waals surface area contributed by atoms with Gasteiger partial charge in [-0.25, -0.2) is 8.78 Å². The number of amides is 1. The van der Waals surface area contributed by atoms with Crippen molar-refractivity contribution in [1.82, 2.24) is 10.6 Å². The van der Waals surface area contributed by atoms with Crippen LogP contribution in [0.3, 0.4) is 0 Å². The van der Waals surface area contributed by atoms with Crippen LogP contribution < -0.4 is 10.6 Å². The van der Waals surface area contributed by atoms with Crippen molar-refractivity contribution in [1.29, 1.82) is 0 Å². The van der Waals surface area contributed by atoms with Crippen molar-refractivity contribution in [2.75, 3.05) is 13.1 Å². The van der Waals surface area contributed by atoms with E-state index < -0.39 is 11.6 Å². The molecule has 1 amide bonds. The molecule has 1 aliphatic rings. The van der Waals surface area contributed by atoms with Gasteiger partial charge in [0.05, 0.1) is 6.42 Å². The maximum absolute atomic E-state index is 13.5. The molecule has 1 aromatic carbocycles. The lowest BCUT2D eigenvalue weighted by atomic mass is 9.77. The Bertz CT molecular complexity index is 517. The average molecular weight is 296 g/mol. The molecule has 1 fully saturated rings. The van der Waals surface area contributed by atoms with Crippen molar-refractivity contribution in [3.05, 3.63) is 35.4 Å². The van der Waals surface area contributed by atoms with Gasteiger partial charge in [0.15, 0.2) is 11.6 Å². The van der Waals surface area contributed by atoms with Crippen molar-refractivity contribution in [3.8, 4) is 0 Å². The fourth-order valence-electron chi connectivity index (χ4n) is 2.76. The van der Waals surface area contributed by atoms with Crippen LogP contribution in [-0.2, 0) is 11.2 Å². The van der Waals surface area contributed by atoms with Crippen LogP contribution in [0.5, 0.6) is 0 Å². The van der Waals surface area contributed by atoms with Crippen LogP contribution in [0.15, 0.2) is 18.2 Å². The van der Waals surface area contributed by atoms with Crippen LogP contribution in [0.1, 0.15) is 32.3 Å². The maximum atomic E-state index is 13.5. The monoisotopic (exact) mass is 296 g/mol. The Labute approximate surface area is 124 Å². The van der Waals surface area contributed by atoms with Gasteiger partial charge in [-0.3, -0.25) is 4.79 Å². The normalized spacial score (nSPS) is 21.0. The van der Waals surface area contributed by atoms with Gasteiger partial charge < -0.3 is 10.6 Å². The molecule has 1 aliphatic heterocycles. The molecular weight excluding hydrogens is 274 g/mol. The lowest BCUT2D eigenvalue weighted by Crippen LogP contribution is -2.53. The van der Waals surface area contributed by atoms with Gasteiger partial charge in [0.25, 0.3) is 0 Å². The van der Waals surface area contributed by atoms with Crippen LogP contribution in [0, 0.1) is 17.0 Å². The fraction of sp³-hybridized carbons (Fsp3) is 0.562. The van der Waals surface area contributed by atoms with Crippen LogP contribution >= 0.6 is 0 Å². The predicted molar refractivity (Wildman–Crippen MR) is 77.9 cm³/mol.